The van der Waals surface area contributed by atoms with Crippen LogP contribution in [0.25, 0.3) is 0 Å². The van der Waals surface area contributed by atoms with Crippen LogP contribution in [-0.4, -0.2) is 51.5 Å². The molecule has 0 unspecified atom stereocenters. The minimum atomic E-state index is -6.00. The van der Waals surface area contributed by atoms with Crippen molar-refractivity contribution < 1.29 is 54.9 Å². The van der Waals surface area contributed by atoms with E-state index in [4.69, 9.17) is 10.5 Å². The van der Waals surface area contributed by atoms with Crippen molar-refractivity contribution in [1.82, 2.24) is 0 Å². The molecule has 15 heteroatoms. The zero-order valence-corrected chi connectivity index (χ0v) is 35.7. The third-order valence-corrected chi connectivity index (χ3v) is 13.0. The van der Waals surface area contributed by atoms with Crippen LogP contribution in [0.15, 0.2) is 0 Å². The van der Waals surface area contributed by atoms with Crippen molar-refractivity contribution in [2.45, 2.75) is 176 Å². The Labute approximate surface area is 320 Å². The molecule has 0 fully saturated rings. The molecule has 0 amide bonds. The van der Waals surface area contributed by atoms with E-state index < -0.39 is 14.5 Å². The van der Waals surface area contributed by atoms with Crippen molar-refractivity contribution in [1.29, 1.82) is 10.5 Å². The molecule has 0 spiro atoms. The van der Waals surface area contributed by atoms with Crippen molar-refractivity contribution >= 4 is 30.4 Å². The van der Waals surface area contributed by atoms with Gasteiger partial charge in [-0.1, -0.05) is 130 Å². The summed E-state index contributed by atoms with van der Waals surface area (Å²) >= 11 is 0. The van der Waals surface area contributed by atoms with E-state index in [9.17, 15) is 34.5 Å². The quantitative estimate of drug-likeness (QED) is 0.0340. The van der Waals surface area contributed by atoms with Gasteiger partial charge in [-0.05, 0) is 69.1 Å². The Morgan fingerprint density at radius 1 is 0.360 bits per heavy atom. The van der Waals surface area contributed by atoms with Gasteiger partial charge in [0.25, 0.3) is 0 Å². The second-order valence-electron chi connectivity index (χ2n) is 12.1. The third kappa shape index (κ3) is 91.8. The molecular weight excluding hydrogens is 790 g/mol. The molecule has 0 bridgehead atoms. The molecule has 0 radical (unpaired) electrons. The molecule has 0 aliphatic heterocycles. The number of nitriles is 2. The molecule has 0 rings (SSSR count). The summed E-state index contributed by atoms with van der Waals surface area (Å²) in [6.45, 7) is 12.2. The summed E-state index contributed by atoms with van der Waals surface area (Å²) in [6.07, 6.45) is 40.6. The number of hydrogen-bond donors (Lipinski definition) is 0. The van der Waals surface area contributed by atoms with E-state index in [-0.39, 0.29) is 20.4 Å². The van der Waals surface area contributed by atoms with Crippen LogP contribution in [0.3, 0.4) is 0 Å². The molecular formula is C35H72B2F8N2P2Pd. The summed E-state index contributed by atoms with van der Waals surface area (Å²) in [6, 6.07) is 3.50. The predicted molar refractivity (Wildman–Crippen MR) is 206 cm³/mol. The van der Waals surface area contributed by atoms with Gasteiger partial charge in [-0.2, -0.15) is 10.5 Å². The van der Waals surface area contributed by atoms with Gasteiger partial charge in [0.2, 0.25) is 0 Å². The molecule has 304 valence electrons. The summed E-state index contributed by atoms with van der Waals surface area (Å²) in [4.78, 5) is 0. The van der Waals surface area contributed by atoms with Crippen LogP contribution in [0.1, 0.15) is 176 Å². The second kappa shape index (κ2) is 51.2. The summed E-state index contributed by atoms with van der Waals surface area (Å²) in [7, 11) is -11.3. The third-order valence-electron chi connectivity index (χ3n) is 7.26. The van der Waals surface area contributed by atoms with Gasteiger partial charge >= 0.3 is 34.9 Å². The van der Waals surface area contributed by atoms with E-state index in [0.29, 0.717) is 15.8 Å². The minimum absolute atomic E-state index is 0. The fraction of sp³-hybridized carbons (Fsp3) is 0.943. The number of rotatable bonds is 28. The molecule has 0 N–H and O–H groups in total. The van der Waals surface area contributed by atoms with Gasteiger partial charge in [-0.3, -0.25) is 0 Å². The summed E-state index contributed by atoms with van der Waals surface area (Å²) in [5, 5.41) is 14.6. The number of halogens is 8. The normalized spacial score (nSPS) is 10.5. The Morgan fingerprint density at radius 2 is 0.500 bits per heavy atom. The SMILES string of the molecule is CC#N.CC#N.CCCCCCCP(CCCCCCC)CCCP(CCCCCCC)CCCCCCC.F[B-](F)(F)F.F[B-](F)(F)F.[Pd+2]. The second-order valence-corrected chi connectivity index (χ2v) is 17.5. The number of unbranched alkanes of at least 4 members (excludes halogenated alkanes) is 16. The zero-order valence-electron chi connectivity index (χ0n) is 32.4. The first-order valence-corrected chi connectivity index (χ1v) is 22.7. The Kier molecular flexibility index (Phi) is 63.5. The standard InChI is InChI=1S/C31H66P2.2C2H3N.2BF4.Pd/c1-5-9-13-17-21-26-32(27-22-18-14-10-6-2)30-25-31-33(28-23-19-15-11-7-3)29-24-20-16-12-8-4;2*1-2-3;2*2-1(3,4)5;/h5-31H2,1-4H3;2*1H3;;;/q;;;2*-1;+2. The van der Waals surface area contributed by atoms with Gasteiger partial charge in [0.05, 0.1) is 12.1 Å². The first kappa shape index (κ1) is 62.1. The largest absolute Gasteiger partial charge is 2.00 e. The van der Waals surface area contributed by atoms with E-state index in [1.54, 1.807) is 55.5 Å². The molecule has 0 heterocycles. The monoisotopic (exact) mass is 862 g/mol. The minimum Gasteiger partial charge on any atom is -0.418 e. The molecule has 0 atom stereocenters. The van der Waals surface area contributed by atoms with Crippen LogP contribution >= 0.6 is 15.8 Å². The van der Waals surface area contributed by atoms with Gasteiger partial charge in [0.1, 0.15) is 0 Å². The molecule has 0 aromatic carbocycles. The first-order chi connectivity index (χ1) is 23.1. The molecule has 0 saturated carbocycles. The van der Waals surface area contributed by atoms with E-state index >= 15 is 0 Å². The van der Waals surface area contributed by atoms with Crippen molar-refractivity contribution in [3.05, 3.63) is 0 Å². The number of hydrogen-bond acceptors (Lipinski definition) is 2. The molecule has 0 aliphatic carbocycles. The fourth-order valence-electron chi connectivity index (χ4n) is 4.94. The van der Waals surface area contributed by atoms with Crippen molar-refractivity contribution in [2.24, 2.45) is 0 Å². The summed E-state index contributed by atoms with van der Waals surface area (Å²) < 4.78 is 78.0. The van der Waals surface area contributed by atoms with Crippen LogP contribution in [-0.2, 0) is 20.4 Å². The van der Waals surface area contributed by atoms with Crippen LogP contribution in [0.2, 0.25) is 0 Å². The van der Waals surface area contributed by atoms with Crippen LogP contribution in [0, 0.1) is 22.7 Å². The van der Waals surface area contributed by atoms with Crippen LogP contribution < -0.4 is 0 Å². The van der Waals surface area contributed by atoms with Gasteiger partial charge in [0, 0.05) is 13.8 Å². The fourth-order valence-corrected chi connectivity index (χ4v) is 10.4. The summed E-state index contributed by atoms with van der Waals surface area (Å²) in [5.41, 5.74) is 0. The molecule has 0 aromatic heterocycles. The maximum atomic E-state index is 9.75. The maximum absolute atomic E-state index is 9.75. The van der Waals surface area contributed by atoms with Crippen molar-refractivity contribution in [2.75, 3.05) is 37.0 Å². The summed E-state index contributed by atoms with van der Waals surface area (Å²) in [5.74, 6) is 0. The van der Waals surface area contributed by atoms with Crippen molar-refractivity contribution in [3.8, 4) is 12.1 Å². The van der Waals surface area contributed by atoms with Gasteiger partial charge in [-0.25, -0.2) is 0 Å². The average molecular weight is 863 g/mol. The zero-order chi connectivity index (χ0) is 38.7. The van der Waals surface area contributed by atoms with Crippen molar-refractivity contribution in [3.63, 3.8) is 0 Å². The predicted octanol–water partition coefficient (Wildman–Crippen LogP) is 15.9. The van der Waals surface area contributed by atoms with E-state index in [1.807, 2.05) is 0 Å². The number of nitrogens with zero attached hydrogens (tertiary/aromatic N) is 2. The van der Waals surface area contributed by atoms with Crippen LogP contribution in [0.5, 0.6) is 0 Å². The Bertz CT molecular complexity index is 604. The first-order valence-electron chi connectivity index (χ1n) is 18.9. The Hall–Kier alpha value is 0.0722. The topological polar surface area (TPSA) is 47.6 Å². The smallest absolute Gasteiger partial charge is 0.418 e. The Morgan fingerprint density at radius 3 is 0.660 bits per heavy atom. The van der Waals surface area contributed by atoms with Gasteiger partial charge in [0.15, 0.2) is 0 Å². The molecule has 2 nitrogen and oxygen atoms in total. The van der Waals surface area contributed by atoms with E-state index in [1.165, 1.54) is 142 Å². The molecule has 0 aliphatic rings. The van der Waals surface area contributed by atoms with Gasteiger partial charge < -0.3 is 34.5 Å². The maximum Gasteiger partial charge on any atom is 2.00 e. The molecule has 0 saturated heterocycles. The van der Waals surface area contributed by atoms with Gasteiger partial charge in [-0.15, -0.1) is 15.8 Å². The Balaban J connectivity index is -0.000000236. The van der Waals surface area contributed by atoms with E-state index in [0.717, 1.165) is 0 Å². The molecule has 0 aromatic rings. The molecule has 50 heavy (non-hydrogen) atoms. The average Bonchev–Trinajstić information content (AvgIpc) is 2.99. The van der Waals surface area contributed by atoms with E-state index in [2.05, 4.69) is 27.7 Å². The van der Waals surface area contributed by atoms with Crippen LogP contribution in [0.4, 0.5) is 34.5 Å².